The van der Waals surface area contributed by atoms with Crippen LogP contribution in [-0.4, -0.2) is 50.9 Å². The summed E-state index contributed by atoms with van der Waals surface area (Å²) < 4.78 is 41.9. The fourth-order valence-electron chi connectivity index (χ4n) is 5.61. The van der Waals surface area contributed by atoms with Gasteiger partial charge in [0.2, 0.25) is 0 Å². The Morgan fingerprint density at radius 2 is 1.95 bits per heavy atom. The molecule has 2 fully saturated rings. The van der Waals surface area contributed by atoms with Crippen molar-refractivity contribution in [2.24, 2.45) is 17.6 Å². The molecule has 1 saturated heterocycles. The van der Waals surface area contributed by atoms with Crippen molar-refractivity contribution < 1.29 is 27.8 Å². The van der Waals surface area contributed by atoms with Gasteiger partial charge in [0.25, 0.3) is 5.91 Å². The van der Waals surface area contributed by atoms with Crippen LogP contribution in [0.4, 0.5) is 14.5 Å². The van der Waals surface area contributed by atoms with Crippen LogP contribution in [0.1, 0.15) is 41.0 Å². The van der Waals surface area contributed by atoms with Crippen LogP contribution >= 0.6 is 11.6 Å². The number of carbonyl (C=O) groups is 2. The van der Waals surface area contributed by atoms with Gasteiger partial charge in [0.15, 0.2) is 11.4 Å². The second kappa shape index (κ2) is 10.5. The lowest BCUT2D eigenvalue weighted by molar-refractivity contribution is -0.193. The SMILES string of the molecule is NC(=O)c1c(CC2CC2)nc2c(cnn2CCC2COC2)c1-c1ccc2c(c1)OC(F)(F)C(=O)N2Cc1ccc(Cl)cn1. The molecule has 1 aliphatic carbocycles. The predicted octanol–water partition coefficient (Wildman–Crippen LogP) is 4.75. The molecule has 3 aliphatic rings. The largest absolute Gasteiger partial charge is 0.482 e. The Morgan fingerprint density at radius 1 is 1.14 bits per heavy atom. The van der Waals surface area contributed by atoms with E-state index in [4.69, 9.17) is 31.8 Å². The summed E-state index contributed by atoms with van der Waals surface area (Å²) in [6, 6.07) is 7.71. The number of nitrogens with zero attached hydrogens (tertiary/aromatic N) is 5. The van der Waals surface area contributed by atoms with Crippen LogP contribution in [0.3, 0.4) is 0 Å². The molecule has 2 amide bonds. The van der Waals surface area contributed by atoms with E-state index < -0.39 is 17.9 Å². The zero-order valence-electron chi connectivity index (χ0n) is 22.9. The van der Waals surface area contributed by atoms with Crippen LogP contribution in [0.2, 0.25) is 5.02 Å². The lowest BCUT2D eigenvalue weighted by Crippen LogP contribution is -2.50. The molecule has 43 heavy (non-hydrogen) atoms. The summed E-state index contributed by atoms with van der Waals surface area (Å²) in [5.74, 6) is -1.57. The standard InChI is InChI=1S/C30H27ClF2N6O4/c31-19-4-5-20(35-11-19)13-38-23-6-3-18(10-24(23)43-30(32,33)29(38)41)25-21-12-36-39(8-7-17-14-42-15-17)28(21)37-22(9-16-1-2-16)26(25)27(34)40/h3-6,10-12,16-17H,1-2,7-9,13-15H2,(H2,34,40). The molecule has 2 N–H and O–H groups in total. The number of carbonyl (C=O) groups excluding carboxylic acids is 2. The first kappa shape index (κ1) is 27.7. The number of hydrogen-bond acceptors (Lipinski definition) is 7. The first-order valence-electron chi connectivity index (χ1n) is 14.1. The van der Waals surface area contributed by atoms with E-state index >= 15 is 0 Å². The van der Waals surface area contributed by atoms with Gasteiger partial charge in [0.05, 0.1) is 53.6 Å². The highest BCUT2D eigenvalue weighted by Gasteiger charge is 2.50. The van der Waals surface area contributed by atoms with Crippen LogP contribution in [0.15, 0.2) is 42.7 Å². The van der Waals surface area contributed by atoms with Gasteiger partial charge < -0.3 is 15.2 Å². The molecule has 0 atom stereocenters. The first-order chi connectivity index (χ1) is 20.7. The van der Waals surface area contributed by atoms with Gasteiger partial charge in [-0.25, -0.2) is 9.67 Å². The minimum atomic E-state index is -4.12. The number of nitrogens with two attached hydrogens (primary N) is 1. The normalized spacial score (nSPS) is 17.9. The van der Waals surface area contributed by atoms with Gasteiger partial charge in [0.1, 0.15) is 0 Å². The number of anilines is 1. The molecule has 0 spiro atoms. The number of pyridine rings is 2. The summed E-state index contributed by atoms with van der Waals surface area (Å²) in [6.45, 7) is 1.81. The minimum absolute atomic E-state index is 0.138. The lowest BCUT2D eigenvalue weighted by Gasteiger charge is -2.33. The summed E-state index contributed by atoms with van der Waals surface area (Å²) in [5, 5.41) is 5.52. The molecule has 0 bridgehead atoms. The second-order valence-electron chi connectivity index (χ2n) is 11.3. The number of halogens is 3. The smallest absolute Gasteiger partial charge is 0.423 e. The van der Waals surface area contributed by atoms with E-state index in [1.54, 1.807) is 29.1 Å². The van der Waals surface area contributed by atoms with E-state index in [2.05, 4.69) is 10.1 Å². The maximum absolute atomic E-state index is 14.9. The van der Waals surface area contributed by atoms with Gasteiger partial charge in [-0.15, -0.1) is 0 Å². The average molecular weight is 609 g/mol. The zero-order chi connectivity index (χ0) is 29.9. The van der Waals surface area contributed by atoms with Gasteiger partial charge >= 0.3 is 12.0 Å². The van der Waals surface area contributed by atoms with Crippen molar-refractivity contribution in [3.8, 4) is 16.9 Å². The number of hydrogen-bond donors (Lipinski definition) is 1. The number of alkyl halides is 2. The fourth-order valence-corrected chi connectivity index (χ4v) is 5.72. The van der Waals surface area contributed by atoms with Gasteiger partial charge in [0, 0.05) is 29.6 Å². The Hall–Kier alpha value is -4.16. The van der Waals surface area contributed by atoms with Crippen molar-refractivity contribution in [2.45, 2.75) is 44.9 Å². The number of ether oxygens (including phenoxy) is 2. The van der Waals surface area contributed by atoms with E-state index in [0.29, 0.717) is 76.6 Å². The number of primary amides is 1. The lowest BCUT2D eigenvalue weighted by atomic mass is 9.93. The highest BCUT2D eigenvalue weighted by molar-refractivity contribution is 6.30. The van der Waals surface area contributed by atoms with E-state index in [1.165, 1.54) is 18.3 Å². The Bertz CT molecular complexity index is 1750. The molecule has 5 heterocycles. The third-order valence-corrected chi connectivity index (χ3v) is 8.35. The Labute approximate surface area is 249 Å². The fraction of sp³-hybridized carbons (Fsp3) is 0.367. The molecule has 222 valence electrons. The van der Waals surface area contributed by atoms with Crippen LogP contribution in [0.25, 0.3) is 22.2 Å². The van der Waals surface area contributed by atoms with E-state index in [-0.39, 0.29) is 23.5 Å². The summed E-state index contributed by atoms with van der Waals surface area (Å²) in [4.78, 5) is 35.7. The Kier molecular flexibility index (Phi) is 6.77. The monoisotopic (exact) mass is 608 g/mol. The molecule has 7 rings (SSSR count). The van der Waals surface area contributed by atoms with Gasteiger partial charge in [-0.05, 0) is 61.4 Å². The molecule has 1 saturated carbocycles. The van der Waals surface area contributed by atoms with Crippen LogP contribution < -0.4 is 15.4 Å². The number of aryl methyl sites for hydroxylation is 1. The molecule has 13 heteroatoms. The van der Waals surface area contributed by atoms with Crippen molar-refractivity contribution >= 4 is 40.1 Å². The summed E-state index contributed by atoms with van der Waals surface area (Å²) in [5.41, 5.74) is 8.69. The summed E-state index contributed by atoms with van der Waals surface area (Å²) in [7, 11) is 0. The van der Waals surface area contributed by atoms with Crippen molar-refractivity contribution in [2.75, 3.05) is 18.1 Å². The van der Waals surface area contributed by atoms with Crippen molar-refractivity contribution in [3.05, 3.63) is 64.7 Å². The summed E-state index contributed by atoms with van der Waals surface area (Å²) in [6.07, 6.45) is 2.37. The topological polar surface area (TPSA) is 125 Å². The van der Waals surface area contributed by atoms with Gasteiger partial charge in [-0.3, -0.25) is 19.5 Å². The first-order valence-corrected chi connectivity index (χ1v) is 14.5. The highest BCUT2D eigenvalue weighted by Crippen LogP contribution is 2.45. The minimum Gasteiger partial charge on any atom is -0.423 e. The maximum atomic E-state index is 14.9. The zero-order valence-corrected chi connectivity index (χ0v) is 23.7. The number of aromatic nitrogens is 4. The molecule has 2 aliphatic heterocycles. The van der Waals surface area contributed by atoms with Crippen LogP contribution in [-0.2, 0) is 29.0 Å². The number of rotatable bonds is 9. The number of fused-ring (bicyclic) bond motifs is 2. The molecule has 0 unspecified atom stereocenters. The van der Waals surface area contributed by atoms with Crippen molar-refractivity contribution in [1.82, 2.24) is 19.7 Å². The van der Waals surface area contributed by atoms with Crippen molar-refractivity contribution in [1.29, 1.82) is 0 Å². The third-order valence-electron chi connectivity index (χ3n) is 8.12. The maximum Gasteiger partial charge on any atom is 0.482 e. The molecule has 4 aromatic rings. The molecular weight excluding hydrogens is 582 g/mol. The van der Waals surface area contributed by atoms with E-state index in [1.807, 2.05) is 0 Å². The Balaban J connectivity index is 1.35. The predicted molar refractivity (Wildman–Crippen MR) is 153 cm³/mol. The third kappa shape index (κ3) is 5.18. The number of amides is 2. The molecule has 3 aromatic heterocycles. The highest BCUT2D eigenvalue weighted by atomic mass is 35.5. The van der Waals surface area contributed by atoms with E-state index in [0.717, 1.165) is 24.2 Å². The molecule has 1 aromatic carbocycles. The number of benzene rings is 1. The quantitative estimate of drug-likeness (QED) is 0.291. The van der Waals surface area contributed by atoms with E-state index in [9.17, 15) is 18.4 Å². The molecule has 0 radical (unpaired) electrons. The van der Waals surface area contributed by atoms with Gasteiger partial charge in [-0.2, -0.15) is 13.9 Å². The molecule has 10 nitrogen and oxygen atoms in total. The second-order valence-corrected chi connectivity index (χ2v) is 11.7. The molecular formula is C30H27ClF2N6O4. The summed E-state index contributed by atoms with van der Waals surface area (Å²) >= 11 is 5.91. The Morgan fingerprint density at radius 3 is 2.63 bits per heavy atom. The van der Waals surface area contributed by atoms with Crippen molar-refractivity contribution in [3.63, 3.8) is 0 Å². The van der Waals surface area contributed by atoms with Gasteiger partial charge in [-0.1, -0.05) is 17.7 Å². The average Bonchev–Trinajstić information content (AvgIpc) is 3.67. The van der Waals surface area contributed by atoms with Crippen LogP contribution in [0, 0.1) is 11.8 Å². The van der Waals surface area contributed by atoms with Crippen LogP contribution in [0.5, 0.6) is 5.75 Å².